The van der Waals surface area contributed by atoms with Crippen LogP contribution in [0.15, 0.2) is 50.7 Å². The molecule has 2 aromatic rings. The first-order chi connectivity index (χ1) is 10.3. The molecule has 1 aliphatic heterocycles. The summed E-state index contributed by atoms with van der Waals surface area (Å²) < 4.78 is 12.4. The van der Waals surface area contributed by atoms with E-state index in [1.54, 1.807) is 11.8 Å². The maximum Gasteiger partial charge on any atom is 0.162 e. The predicted octanol–water partition coefficient (Wildman–Crippen LogP) is 4.22. The molecule has 0 saturated heterocycles. The van der Waals surface area contributed by atoms with Crippen molar-refractivity contribution in [1.82, 2.24) is 0 Å². The molecule has 1 heterocycles. The Kier molecular flexibility index (Phi) is 4.73. The molecule has 21 heavy (non-hydrogen) atoms. The molecular formula is C16H16BrNO2S. The number of halogens is 1. The van der Waals surface area contributed by atoms with Crippen LogP contribution < -0.4 is 15.2 Å². The molecule has 110 valence electrons. The van der Waals surface area contributed by atoms with Gasteiger partial charge in [0.15, 0.2) is 11.5 Å². The van der Waals surface area contributed by atoms with Crippen molar-refractivity contribution in [2.24, 2.45) is 5.73 Å². The lowest BCUT2D eigenvalue weighted by Gasteiger charge is -2.12. The van der Waals surface area contributed by atoms with Gasteiger partial charge in [0, 0.05) is 27.2 Å². The number of nitrogens with two attached hydrogens (primary N) is 1. The van der Waals surface area contributed by atoms with Crippen LogP contribution in [0.2, 0.25) is 0 Å². The van der Waals surface area contributed by atoms with Crippen molar-refractivity contribution in [2.45, 2.75) is 22.8 Å². The van der Waals surface area contributed by atoms with Crippen molar-refractivity contribution >= 4 is 27.7 Å². The summed E-state index contributed by atoms with van der Waals surface area (Å²) in [7, 11) is 0. The van der Waals surface area contributed by atoms with Crippen LogP contribution in [-0.2, 0) is 6.54 Å². The number of rotatable bonds is 3. The predicted molar refractivity (Wildman–Crippen MR) is 88.2 cm³/mol. The number of hydrogen-bond acceptors (Lipinski definition) is 4. The van der Waals surface area contributed by atoms with Gasteiger partial charge >= 0.3 is 0 Å². The second kappa shape index (κ2) is 6.73. The first kappa shape index (κ1) is 14.8. The summed E-state index contributed by atoms with van der Waals surface area (Å²) in [6.07, 6.45) is 0.917. The summed E-state index contributed by atoms with van der Waals surface area (Å²) in [5.41, 5.74) is 6.97. The van der Waals surface area contributed by atoms with E-state index in [-0.39, 0.29) is 0 Å². The molecule has 2 aromatic carbocycles. The van der Waals surface area contributed by atoms with Crippen LogP contribution in [0.25, 0.3) is 0 Å². The second-order valence-electron chi connectivity index (χ2n) is 4.68. The Labute approximate surface area is 137 Å². The molecule has 0 spiro atoms. The van der Waals surface area contributed by atoms with Crippen LogP contribution in [0.3, 0.4) is 0 Å². The largest absolute Gasteiger partial charge is 0.490 e. The Balaban J connectivity index is 1.89. The summed E-state index contributed by atoms with van der Waals surface area (Å²) in [6.45, 7) is 1.92. The number of benzene rings is 2. The van der Waals surface area contributed by atoms with Gasteiger partial charge in [-0.3, -0.25) is 0 Å². The van der Waals surface area contributed by atoms with E-state index in [4.69, 9.17) is 15.2 Å². The summed E-state index contributed by atoms with van der Waals surface area (Å²) >= 11 is 5.24. The van der Waals surface area contributed by atoms with Gasteiger partial charge < -0.3 is 15.2 Å². The smallest absolute Gasteiger partial charge is 0.162 e. The van der Waals surface area contributed by atoms with E-state index in [1.165, 1.54) is 0 Å². The van der Waals surface area contributed by atoms with Crippen molar-refractivity contribution in [1.29, 1.82) is 0 Å². The molecule has 1 aliphatic rings. The summed E-state index contributed by atoms with van der Waals surface area (Å²) in [5.74, 6) is 1.65. The fourth-order valence-electron chi connectivity index (χ4n) is 2.17. The van der Waals surface area contributed by atoms with E-state index in [2.05, 4.69) is 28.1 Å². The molecule has 0 bridgehead atoms. The fourth-order valence-corrected chi connectivity index (χ4v) is 3.85. The third-order valence-electron chi connectivity index (χ3n) is 3.23. The van der Waals surface area contributed by atoms with Gasteiger partial charge in [0.1, 0.15) is 0 Å². The minimum absolute atomic E-state index is 0.508. The number of ether oxygens (including phenoxy) is 2. The Morgan fingerprint density at radius 2 is 1.90 bits per heavy atom. The molecule has 0 saturated carbocycles. The quantitative estimate of drug-likeness (QED) is 0.884. The van der Waals surface area contributed by atoms with Gasteiger partial charge in [-0.15, -0.1) is 0 Å². The molecule has 5 heteroatoms. The fraction of sp³-hybridized carbons (Fsp3) is 0.250. The minimum Gasteiger partial charge on any atom is -0.490 e. The van der Waals surface area contributed by atoms with Crippen molar-refractivity contribution in [3.05, 3.63) is 46.4 Å². The highest BCUT2D eigenvalue weighted by Gasteiger charge is 2.12. The van der Waals surface area contributed by atoms with Crippen LogP contribution in [-0.4, -0.2) is 13.2 Å². The van der Waals surface area contributed by atoms with Gasteiger partial charge in [0.2, 0.25) is 0 Å². The highest BCUT2D eigenvalue weighted by atomic mass is 79.9. The normalized spacial score (nSPS) is 13.8. The van der Waals surface area contributed by atoms with E-state index in [9.17, 15) is 0 Å². The monoisotopic (exact) mass is 365 g/mol. The lowest BCUT2D eigenvalue weighted by molar-refractivity contribution is 0.297. The van der Waals surface area contributed by atoms with Crippen LogP contribution >= 0.6 is 27.7 Å². The SMILES string of the molecule is NCc1c(Br)cccc1Sc1ccc2c(c1)OCCCO2. The first-order valence-corrected chi connectivity index (χ1v) is 8.44. The average molecular weight is 366 g/mol. The standard InChI is InChI=1S/C16H16BrNO2S/c17-13-3-1-4-16(12(13)10-18)21-11-5-6-14-15(9-11)20-8-2-7-19-14/h1,3-6,9H,2,7-8,10,18H2. The highest BCUT2D eigenvalue weighted by molar-refractivity contribution is 9.10. The van der Waals surface area contributed by atoms with Crippen molar-refractivity contribution < 1.29 is 9.47 Å². The molecular weight excluding hydrogens is 350 g/mol. The number of fused-ring (bicyclic) bond motifs is 1. The van der Waals surface area contributed by atoms with Crippen LogP contribution in [0.4, 0.5) is 0 Å². The zero-order valence-electron chi connectivity index (χ0n) is 11.5. The topological polar surface area (TPSA) is 44.5 Å². The Morgan fingerprint density at radius 3 is 2.71 bits per heavy atom. The van der Waals surface area contributed by atoms with E-state index >= 15 is 0 Å². The summed E-state index contributed by atoms with van der Waals surface area (Å²) in [6, 6.07) is 12.2. The van der Waals surface area contributed by atoms with Gasteiger partial charge in [0.05, 0.1) is 13.2 Å². The molecule has 2 N–H and O–H groups in total. The molecule has 0 atom stereocenters. The van der Waals surface area contributed by atoms with Gasteiger partial charge in [-0.25, -0.2) is 0 Å². The Morgan fingerprint density at radius 1 is 1.10 bits per heavy atom. The molecule has 0 radical (unpaired) electrons. The lowest BCUT2D eigenvalue weighted by Crippen LogP contribution is -1.99. The van der Waals surface area contributed by atoms with Gasteiger partial charge in [0.25, 0.3) is 0 Å². The van der Waals surface area contributed by atoms with Crippen LogP contribution in [0, 0.1) is 0 Å². The zero-order chi connectivity index (χ0) is 14.7. The molecule has 0 amide bonds. The summed E-state index contributed by atoms with van der Waals surface area (Å²) in [4.78, 5) is 2.27. The molecule has 0 unspecified atom stereocenters. The number of hydrogen-bond donors (Lipinski definition) is 1. The average Bonchev–Trinajstić information content (AvgIpc) is 2.72. The zero-order valence-corrected chi connectivity index (χ0v) is 13.9. The Hall–Kier alpha value is -1.17. The molecule has 3 nitrogen and oxygen atoms in total. The van der Waals surface area contributed by atoms with Crippen LogP contribution in [0.5, 0.6) is 11.5 Å². The highest BCUT2D eigenvalue weighted by Crippen LogP contribution is 2.38. The van der Waals surface area contributed by atoms with Gasteiger partial charge in [-0.2, -0.15) is 0 Å². The first-order valence-electron chi connectivity index (χ1n) is 6.83. The van der Waals surface area contributed by atoms with E-state index in [0.717, 1.165) is 37.7 Å². The third kappa shape index (κ3) is 3.36. The van der Waals surface area contributed by atoms with Gasteiger partial charge in [-0.1, -0.05) is 33.8 Å². The van der Waals surface area contributed by atoms with Crippen molar-refractivity contribution in [3.8, 4) is 11.5 Å². The third-order valence-corrected chi connectivity index (χ3v) is 5.06. The molecule has 0 aromatic heterocycles. The van der Waals surface area contributed by atoms with E-state index in [1.807, 2.05) is 24.3 Å². The second-order valence-corrected chi connectivity index (χ2v) is 6.65. The van der Waals surface area contributed by atoms with E-state index < -0.39 is 0 Å². The molecule has 0 fully saturated rings. The van der Waals surface area contributed by atoms with Crippen molar-refractivity contribution in [2.75, 3.05) is 13.2 Å². The molecule has 3 rings (SSSR count). The van der Waals surface area contributed by atoms with Crippen LogP contribution in [0.1, 0.15) is 12.0 Å². The maximum absolute atomic E-state index is 5.85. The minimum atomic E-state index is 0.508. The lowest BCUT2D eigenvalue weighted by atomic mass is 10.2. The molecule has 0 aliphatic carbocycles. The summed E-state index contributed by atoms with van der Waals surface area (Å²) in [5, 5.41) is 0. The van der Waals surface area contributed by atoms with Gasteiger partial charge in [-0.05, 0) is 35.9 Å². The van der Waals surface area contributed by atoms with Crippen molar-refractivity contribution in [3.63, 3.8) is 0 Å². The Bertz CT molecular complexity index is 648. The van der Waals surface area contributed by atoms with E-state index in [0.29, 0.717) is 19.8 Å². The maximum atomic E-state index is 5.85.